The summed E-state index contributed by atoms with van der Waals surface area (Å²) in [4.78, 5) is 28.1. The molecular formula is C26H30N6O4. The summed E-state index contributed by atoms with van der Waals surface area (Å²) < 4.78 is 10.7. The molecule has 2 saturated carbocycles. The van der Waals surface area contributed by atoms with E-state index in [0.29, 0.717) is 22.9 Å². The van der Waals surface area contributed by atoms with Gasteiger partial charge in [0.2, 0.25) is 5.91 Å². The maximum atomic E-state index is 12.0. The standard InChI is InChI=1S/C20H20N6O3.C6H10O/c1-29-18-13(12-8-23-24-9-12)3-2-4-15(18)25-16-7-17(22-10-14(16)19(21)27)26-20(28)11-5-6-11;1-2-6(3-1)4-7-5-6/h2-4,7-11H,5-6H2,1H3,(H2,21,27)(H,23,24)(H2,22,25,26,28);1-5H2. The van der Waals surface area contributed by atoms with Crippen LogP contribution in [-0.4, -0.2) is 47.3 Å². The summed E-state index contributed by atoms with van der Waals surface area (Å²) in [5.74, 6) is 0.250. The van der Waals surface area contributed by atoms with Gasteiger partial charge in [0.1, 0.15) is 11.6 Å². The van der Waals surface area contributed by atoms with Crippen LogP contribution in [0.1, 0.15) is 42.5 Å². The first-order chi connectivity index (χ1) is 17.5. The number of nitrogens with two attached hydrogens (primary N) is 1. The van der Waals surface area contributed by atoms with E-state index in [9.17, 15) is 9.59 Å². The minimum Gasteiger partial charge on any atom is -0.494 e. The molecule has 188 valence electrons. The van der Waals surface area contributed by atoms with Crippen LogP contribution in [0.4, 0.5) is 17.2 Å². The van der Waals surface area contributed by atoms with Crippen molar-refractivity contribution >= 4 is 29.0 Å². The van der Waals surface area contributed by atoms with Crippen LogP contribution in [0.15, 0.2) is 42.9 Å². The highest BCUT2D eigenvalue weighted by Crippen LogP contribution is 2.46. The summed E-state index contributed by atoms with van der Waals surface area (Å²) in [6.45, 7) is 2.12. The number of benzene rings is 1. The number of nitrogens with one attached hydrogen (secondary N) is 3. The van der Waals surface area contributed by atoms with Crippen LogP contribution in [0.2, 0.25) is 0 Å². The van der Waals surface area contributed by atoms with Crippen molar-refractivity contribution in [2.75, 3.05) is 31.0 Å². The van der Waals surface area contributed by atoms with Crippen LogP contribution in [0.5, 0.6) is 5.75 Å². The number of ether oxygens (including phenoxy) is 2. The number of H-pyrrole nitrogens is 1. The number of anilines is 3. The highest BCUT2D eigenvalue weighted by molar-refractivity contribution is 6.01. The molecule has 1 aromatic carbocycles. The van der Waals surface area contributed by atoms with Crippen LogP contribution in [0.25, 0.3) is 11.1 Å². The Morgan fingerprint density at radius 3 is 2.53 bits per heavy atom. The van der Waals surface area contributed by atoms with Crippen molar-refractivity contribution in [3.63, 3.8) is 0 Å². The predicted octanol–water partition coefficient (Wildman–Crippen LogP) is 3.86. The van der Waals surface area contributed by atoms with Crippen molar-refractivity contribution in [1.82, 2.24) is 15.2 Å². The third-order valence-corrected chi connectivity index (χ3v) is 6.90. The second-order valence-electron chi connectivity index (χ2n) is 9.59. The molecule has 3 aromatic rings. The average molecular weight is 491 g/mol. The van der Waals surface area contributed by atoms with Gasteiger partial charge in [0, 0.05) is 40.9 Å². The smallest absolute Gasteiger partial charge is 0.252 e. The van der Waals surface area contributed by atoms with E-state index in [-0.39, 0.29) is 17.4 Å². The van der Waals surface area contributed by atoms with Crippen LogP contribution in [0.3, 0.4) is 0 Å². The first kappa shape index (κ1) is 23.8. The van der Waals surface area contributed by atoms with Gasteiger partial charge in [0.25, 0.3) is 5.91 Å². The van der Waals surface area contributed by atoms with Gasteiger partial charge in [-0.1, -0.05) is 18.6 Å². The highest BCUT2D eigenvalue weighted by Gasteiger charge is 2.43. The molecule has 5 N–H and O–H groups in total. The Morgan fingerprint density at radius 2 is 2.00 bits per heavy atom. The fraction of sp³-hybridized carbons (Fsp3) is 0.385. The number of aromatic nitrogens is 3. The monoisotopic (exact) mass is 490 g/mol. The molecular weight excluding hydrogens is 460 g/mol. The van der Waals surface area contributed by atoms with Crippen molar-refractivity contribution in [1.29, 1.82) is 0 Å². The molecule has 2 aliphatic carbocycles. The highest BCUT2D eigenvalue weighted by atomic mass is 16.5. The van der Waals surface area contributed by atoms with E-state index in [2.05, 4.69) is 25.8 Å². The predicted molar refractivity (Wildman–Crippen MR) is 135 cm³/mol. The third-order valence-electron chi connectivity index (χ3n) is 6.90. The van der Waals surface area contributed by atoms with E-state index >= 15 is 0 Å². The van der Waals surface area contributed by atoms with E-state index < -0.39 is 5.91 Å². The number of hydrogen-bond donors (Lipinski definition) is 4. The summed E-state index contributed by atoms with van der Waals surface area (Å²) in [7, 11) is 1.56. The van der Waals surface area contributed by atoms with Gasteiger partial charge in [0.15, 0.2) is 0 Å². The quantitative estimate of drug-likeness (QED) is 0.394. The summed E-state index contributed by atoms with van der Waals surface area (Å²) in [5, 5.41) is 12.7. The second kappa shape index (κ2) is 9.98. The normalized spacial score (nSPS) is 17.1. The van der Waals surface area contributed by atoms with Gasteiger partial charge in [0.05, 0.1) is 43.5 Å². The lowest BCUT2D eigenvalue weighted by molar-refractivity contribution is -0.155. The van der Waals surface area contributed by atoms with Gasteiger partial charge < -0.3 is 25.8 Å². The van der Waals surface area contributed by atoms with Crippen molar-refractivity contribution in [2.45, 2.75) is 32.1 Å². The Bertz CT molecular complexity index is 1230. The Hall–Kier alpha value is -3.92. The van der Waals surface area contributed by atoms with Crippen molar-refractivity contribution in [3.05, 3.63) is 48.4 Å². The lowest BCUT2D eigenvalue weighted by Gasteiger charge is -2.48. The maximum Gasteiger partial charge on any atom is 0.252 e. The van der Waals surface area contributed by atoms with Crippen LogP contribution >= 0.6 is 0 Å². The summed E-state index contributed by atoms with van der Waals surface area (Å²) in [6.07, 6.45) is 10.9. The number of primary amides is 1. The topological polar surface area (TPSA) is 144 Å². The molecule has 2 aromatic heterocycles. The van der Waals surface area contributed by atoms with Gasteiger partial charge in [-0.2, -0.15) is 5.10 Å². The van der Waals surface area contributed by atoms with Gasteiger partial charge in [-0.05, 0) is 31.7 Å². The number of amides is 2. The summed E-state index contributed by atoms with van der Waals surface area (Å²) >= 11 is 0. The number of carbonyl (C=O) groups excluding carboxylic acids is 2. The number of nitrogens with zero attached hydrogens (tertiary/aromatic N) is 2. The number of hydrogen-bond acceptors (Lipinski definition) is 7. The lowest BCUT2D eigenvalue weighted by atomic mass is 9.67. The molecule has 0 bridgehead atoms. The molecule has 1 saturated heterocycles. The molecule has 3 aliphatic rings. The van der Waals surface area contributed by atoms with E-state index in [1.54, 1.807) is 25.6 Å². The second-order valence-corrected chi connectivity index (χ2v) is 9.59. The van der Waals surface area contributed by atoms with E-state index in [0.717, 1.165) is 42.6 Å². The first-order valence-corrected chi connectivity index (χ1v) is 12.1. The van der Waals surface area contributed by atoms with Gasteiger partial charge in [-0.3, -0.25) is 14.7 Å². The molecule has 1 aliphatic heterocycles. The zero-order valence-corrected chi connectivity index (χ0v) is 20.2. The zero-order valence-electron chi connectivity index (χ0n) is 20.2. The number of aromatic amines is 1. The molecule has 1 spiro atoms. The van der Waals surface area contributed by atoms with Crippen LogP contribution in [0, 0.1) is 11.3 Å². The summed E-state index contributed by atoms with van der Waals surface area (Å²) in [6, 6.07) is 7.16. The number of rotatable bonds is 7. The van der Waals surface area contributed by atoms with Crippen LogP contribution in [-0.2, 0) is 9.53 Å². The molecule has 10 nitrogen and oxygen atoms in total. The number of pyridine rings is 1. The zero-order chi connectivity index (χ0) is 25.1. The Labute approximate surface area is 209 Å². The number of carbonyl (C=O) groups is 2. The fourth-order valence-electron chi connectivity index (χ4n) is 4.38. The minimum absolute atomic E-state index is 0.0377. The van der Waals surface area contributed by atoms with Crippen molar-refractivity contribution in [3.8, 4) is 16.9 Å². The maximum absolute atomic E-state index is 12.0. The molecule has 0 radical (unpaired) electrons. The lowest BCUT2D eigenvalue weighted by Crippen LogP contribution is -2.47. The Kier molecular flexibility index (Phi) is 6.60. The molecule has 10 heteroatoms. The van der Waals surface area contributed by atoms with E-state index in [1.807, 2.05) is 18.2 Å². The molecule has 2 amide bonds. The summed E-state index contributed by atoms with van der Waals surface area (Å²) in [5.41, 5.74) is 9.15. The largest absolute Gasteiger partial charge is 0.494 e. The minimum atomic E-state index is -0.634. The van der Waals surface area contributed by atoms with Gasteiger partial charge in [-0.15, -0.1) is 0 Å². The SMILES string of the molecule is C1CC2(C1)COC2.COc1c(Nc2cc(NC(=O)C3CC3)ncc2C(N)=O)cccc1-c1cn[nH]c1. The van der Waals surface area contributed by atoms with Gasteiger partial charge >= 0.3 is 0 Å². The fourth-order valence-corrected chi connectivity index (χ4v) is 4.38. The average Bonchev–Trinajstić information content (AvgIpc) is 3.52. The van der Waals surface area contributed by atoms with Gasteiger partial charge in [-0.25, -0.2) is 4.98 Å². The van der Waals surface area contributed by atoms with E-state index in [4.69, 9.17) is 15.2 Å². The number of methoxy groups -OCH3 is 1. The first-order valence-electron chi connectivity index (χ1n) is 12.1. The van der Waals surface area contributed by atoms with Crippen molar-refractivity contribution < 1.29 is 19.1 Å². The van der Waals surface area contributed by atoms with E-state index in [1.165, 1.54) is 25.5 Å². The molecule has 3 heterocycles. The van der Waals surface area contributed by atoms with Crippen LogP contribution < -0.4 is 21.1 Å². The molecule has 0 unspecified atom stereocenters. The number of para-hydroxylation sites is 1. The molecule has 0 atom stereocenters. The third kappa shape index (κ3) is 5.03. The molecule has 36 heavy (non-hydrogen) atoms. The van der Waals surface area contributed by atoms with Crippen molar-refractivity contribution in [2.24, 2.45) is 17.1 Å². The molecule has 3 fully saturated rings. The Morgan fingerprint density at radius 1 is 1.19 bits per heavy atom. The molecule has 6 rings (SSSR count). The Balaban J connectivity index is 0.000000323.